The topological polar surface area (TPSA) is 78.6 Å². The molecule has 0 aliphatic carbocycles. The molecule has 0 saturated carbocycles. The van der Waals surface area contributed by atoms with E-state index in [0.29, 0.717) is 17.8 Å². The van der Waals surface area contributed by atoms with Crippen molar-refractivity contribution in [3.05, 3.63) is 29.3 Å². The summed E-state index contributed by atoms with van der Waals surface area (Å²) in [5.74, 6) is 5.46. The Kier molecular flexibility index (Phi) is 4.98. The zero-order valence-electron chi connectivity index (χ0n) is 11.9. The highest BCUT2D eigenvalue weighted by Gasteiger charge is 2.27. The number of nitrogens with one attached hydrogen (secondary N) is 1. The first kappa shape index (κ1) is 14.8. The number of nitrogen functional groups attached to an aromatic ring is 1. The van der Waals surface area contributed by atoms with Gasteiger partial charge in [0, 0.05) is 6.54 Å². The third-order valence-corrected chi connectivity index (χ3v) is 3.91. The second kappa shape index (κ2) is 6.72. The van der Waals surface area contributed by atoms with E-state index in [2.05, 4.69) is 5.43 Å². The smallest absolute Gasteiger partial charge is 0.256 e. The van der Waals surface area contributed by atoms with Gasteiger partial charge in [0.25, 0.3) is 5.91 Å². The van der Waals surface area contributed by atoms with E-state index >= 15 is 0 Å². The predicted octanol–water partition coefficient (Wildman–Crippen LogP) is 1.66. The first-order valence-corrected chi connectivity index (χ1v) is 7.16. The summed E-state index contributed by atoms with van der Waals surface area (Å²) in [7, 11) is 0. The van der Waals surface area contributed by atoms with E-state index in [1.54, 1.807) is 11.0 Å². The first-order valence-electron chi connectivity index (χ1n) is 7.16. The number of hydrogen-bond acceptors (Lipinski definition) is 4. The Morgan fingerprint density at radius 3 is 2.95 bits per heavy atom. The molecule has 5 heteroatoms. The Hall–Kier alpha value is -1.59. The van der Waals surface area contributed by atoms with Crippen LogP contribution < -0.4 is 11.3 Å². The molecule has 1 aliphatic heterocycles. The fraction of sp³-hybridized carbons (Fsp3) is 0.533. The van der Waals surface area contributed by atoms with Crippen molar-refractivity contribution in [2.45, 2.75) is 38.6 Å². The molecule has 1 amide bonds. The van der Waals surface area contributed by atoms with Crippen LogP contribution in [0.15, 0.2) is 18.2 Å². The van der Waals surface area contributed by atoms with Gasteiger partial charge >= 0.3 is 0 Å². The van der Waals surface area contributed by atoms with Gasteiger partial charge in [-0.15, -0.1) is 0 Å². The van der Waals surface area contributed by atoms with E-state index in [0.717, 1.165) is 31.2 Å². The number of hydrazine groups is 1. The van der Waals surface area contributed by atoms with E-state index in [-0.39, 0.29) is 18.6 Å². The van der Waals surface area contributed by atoms with Crippen LogP contribution in [0.2, 0.25) is 0 Å². The molecule has 1 aliphatic rings. The average molecular weight is 277 g/mol. The Morgan fingerprint density at radius 1 is 1.45 bits per heavy atom. The van der Waals surface area contributed by atoms with Crippen LogP contribution in [-0.2, 0) is 0 Å². The molecule has 0 spiro atoms. The minimum absolute atomic E-state index is 0.0169. The second-order valence-corrected chi connectivity index (χ2v) is 5.38. The van der Waals surface area contributed by atoms with Crippen molar-refractivity contribution >= 4 is 11.6 Å². The van der Waals surface area contributed by atoms with Crippen LogP contribution >= 0.6 is 0 Å². The maximum Gasteiger partial charge on any atom is 0.256 e. The van der Waals surface area contributed by atoms with Gasteiger partial charge in [-0.25, -0.2) is 0 Å². The summed E-state index contributed by atoms with van der Waals surface area (Å²) < 4.78 is 0. The molecule has 1 saturated heterocycles. The number of hydrogen-bond donors (Lipinski definition) is 3. The van der Waals surface area contributed by atoms with E-state index in [1.807, 2.05) is 19.1 Å². The van der Waals surface area contributed by atoms with Crippen molar-refractivity contribution in [3.8, 4) is 0 Å². The maximum absolute atomic E-state index is 12.7. The van der Waals surface area contributed by atoms with Gasteiger partial charge in [-0.2, -0.15) is 0 Å². The minimum atomic E-state index is -0.0862. The number of amides is 1. The number of rotatable bonds is 3. The second-order valence-electron chi connectivity index (χ2n) is 5.38. The summed E-state index contributed by atoms with van der Waals surface area (Å²) in [5, 5.41) is 9.52. The first-order chi connectivity index (χ1) is 9.67. The van der Waals surface area contributed by atoms with Crippen molar-refractivity contribution in [2.75, 3.05) is 18.6 Å². The molecular weight excluding hydrogens is 254 g/mol. The third kappa shape index (κ3) is 3.11. The van der Waals surface area contributed by atoms with Gasteiger partial charge in [-0.05, 0) is 37.5 Å². The summed E-state index contributed by atoms with van der Waals surface area (Å²) in [6.07, 6.45) is 4.01. The number of nitrogens with two attached hydrogens (primary N) is 1. The molecule has 1 aromatic carbocycles. The molecule has 2 rings (SSSR count). The van der Waals surface area contributed by atoms with Gasteiger partial charge in [0.1, 0.15) is 0 Å². The summed E-state index contributed by atoms with van der Waals surface area (Å²) >= 11 is 0. The van der Waals surface area contributed by atoms with E-state index in [4.69, 9.17) is 5.84 Å². The number of nitrogens with zero attached hydrogens (tertiary/aromatic N) is 1. The van der Waals surface area contributed by atoms with Crippen LogP contribution in [0.5, 0.6) is 0 Å². The Morgan fingerprint density at radius 2 is 2.25 bits per heavy atom. The van der Waals surface area contributed by atoms with Crippen molar-refractivity contribution in [1.29, 1.82) is 0 Å². The maximum atomic E-state index is 12.7. The van der Waals surface area contributed by atoms with Gasteiger partial charge in [-0.3, -0.25) is 10.6 Å². The largest absolute Gasteiger partial charge is 0.394 e. The molecule has 1 heterocycles. The molecule has 20 heavy (non-hydrogen) atoms. The van der Waals surface area contributed by atoms with Crippen LogP contribution in [0.4, 0.5) is 5.69 Å². The Labute approximate surface area is 119 Å². The van der Waals surface area contributed by atoms with Crippen molar-refractivity contribution < 1.29 is 9.90 Å². The fourth-order valence-electron chi connectivity index (χ4n) is 2.75. The molecule has 0 bridgehead atoms. The van der Waals surface area contributed by atoms with Gasteiger partial charge < -0.3 is 15.4 Å². The normalized spacial score (nSPS) is 19.6. The SMILES string of the molecule is Cc1ccc(C(=O)N2CCCCCC2CO)c(NN)c1. The Bertz CT molecular complexity index is 476. The molecular formula is C15H23N3O2. The zero-order valence-corrected chi connectivity index (χ0v) is 11.9. The molecule has 4 N–H and O–H groups in total. The lowest BCUT2D eigenvalue weighted by Crippen LogP contribution is -2.42. The van der Waals surface area contributed by atoms with E-state index in [9.17, 15) is 9.90 Å². The monoisotopic (exact) mass is 277 g/mol. The lowest BCUT2D eigenvalue weighted by molar-refractivity contribution is 0.0600. The number of anilines is 1. The van der Waals surface area contributed by atoms with E-state index < -0.39 is 0 Å². The summed E-state index contributed by atoms with van der Waals surface area (Å²) in [6, 6.07) is 5.47. The van der Waals surface area contributed by atoms with Crippen molar-refractivity contribution in [3.63, 3.8) is 0 Å². The quantitative estimate of drug-likeness (QED) is 0.580. The van der Waals surface area contributed by atoms with Crippen LogP contribution in [0, 0.1) is 6.92 Å². The summed E-state index contributed by atoms with van der Waals surface area (Å²) in [5.41, 5.74) is 4.84. The van der Waals surface area contributed by atoms with Gasteiger partial charge in [0.2, 0.25) is 0 Å². The molecule has 5 nitrogen and oxygen atoms in total. The molecule has 1 unspecified atom stereocenters. The summed E-state index contributed by atoms with van der Waals surface area (Å²) in [6.45, 7) is 2.67. The highest BCUT2D eigenvalue weighted by molar-refractivity contribution is 5.99. The standard InChI is InChI=1S/C15H23N3O2/c1-11-6-7-13(14(9-11)17-16)15(20)18-8-4-2-3-5-12(18)10-19/h6-7,9,12,17,19H,2-5,8,10,16H2,1H3. The van der Waals surface area contributed by atoms with Crippen LogP contribution in [0.1, 0.15) is 41.6 Å². The zero-order chi connectivity index (χ0) is 14.5. The number of benzene rings is 1. The number of aliphatic hydroxyl groups is 1. The van der Waals surface area contributed by atoms with Gasteiger partial charge in [-0.1, -0.05) is 18.9 Å². The lowest BCUT2D eigenvalue weighted by Gasteiger charge is -2.29. The van der Waals surface area contributed by atoms with Crippen LogP contribution in [0.25, 0.3) is 0 Å². The number of carbonyl (C=O) groups excluding carboxylic acids is 1. The predicted molar refractivity (Wildman–Crippen MR) is 79.4 cm³/mol. The molecule has 110 valence electrons. The molecule has 1 atom stereocenters. The Balaban J connectivity index is 2.28. The van der Waals surface area contributed by atoms with Crippen LogP contribution in [0.3, 0.4) is 0 Å². The van der Waals surface area contributed by atoms with Gasteiger partial charge in [0.15, 0.2) is 0 Å². The molecule has 0 radical (unpaired) electrons. The minimum Gasteiger partial charge on any atom is -0.394 e. The molecule has 1 aromatic rings. The molecule has 1 fully saturated rings. The van der Waals surface area contributed by atoms with E-state index in [1.165, 1.54) is 0 Å². The molecule has 0 aromatic heterocycles. The van der Waals surface area contributed by atoms with Crippen molar-refractivity contribution in [2.24, 2.45) is 5.84 Å². The highest BCUT2D eigenvalue weighted by atomic mass is 16.3. The average Bonchev–Trinajstić information content (AvgIpc) is 2.71. The third-order valence-electron chi connectivity index (χ3n) is 3.91. The lowest BCUT2D eigenvalue weighted by atomic mass is 10.1. The van der Waals surface area contributed by atoms with Crippen LogP contribution in [-0.4, -0.2) is 35.1 Å². The number of aryl methyl sites for hydroxylation is 1. The van der Waals surface area contributed by atoms with Crippen molar-refractivity contribution in [1.82, 2.24) is 4.90 Å². The number of aliphatic hydroxyl groups excluding tert-OH is 1. The number of carbonyl (C=O) groups is 1. The van der Waals surface area contributed by atoms with Gasteiger partial charge in [0.05, 0.1) is 23.9 Å². The fourth-order valence-corrected chi connectivity index (χ4v) is 2.75. The summed E-state index contributed by atoms with van der Waals surface area (Å²) in [4.78, 5) is 14.5. The highest BCUT2D eigenvalue weighted by Crippen LogP contribution is 2.23. The number of likely N-dealkylation sites (tertiary alicyclic amines) is 1.